The Hall–Kier alpha value is -3.20. The van der Waals surface area contributed by atoms with Gasteiger partial charge in [-0.2, -0.15) is 5.26 Å². The maximum atomic E-state index is 8.88. The number of ether oxygens (including phenoxy) is 2. The van der Waals surface area contributed by atoms with Crippen LogP contribution in [0.1, 0.15) is 51.9 Å². The molecule has 164 valence electrons. The minimum absolute atomic E-state index is 0.0798. The van der Waals surface area contributed by atoms with Gasteiger partial charge in [-0.3, -0.25) is 0 Å². The molecule has 0 spiro atoms. The zero-order chi connectivity index (χ0) is 22.6. The van der Waals surface area contributed by atoms with E-state index in [-0.39, 0.29) is 10.8 Å². The fourth-order valence-electron chi connectivity index (χ4n) is 6.88. The van der Waals surface area contributed by atoms with Gasteiger partial charge in [-0.25, -0.2) is 0 Å². The first-order valence-electron chi connectivity index (χ1n) is 11.5. The molecule has 0 N–H and O–H groups in total. The molecule has 4 saturated carbocycles. The van der Waals surface area contributed by atoms with Crippen molar-refractivity contribution in [1.82, 2.24) is 0 Å². The van der Waals surface area contributed by atoms with Crippen molar-refractivity contribution >= 4 is 0 Å². The monoisotopic (exact) mass is 426 g/mol. The van der Waals surface area contributed by atoms with E-state index in [1.807, 2.05) is 25.2 Å². The Morgan fingerprint density at radius 1 is 1.19 bits per heavy atom. The molecule has 0 amide bonds. The van der Waals surface area contributed by atoms with Crippen LogP contribution in [0.3, 0.4) is 0 Å². The third-order valence-electron chi connectivity index (χ3n) is 7.69. The van der Waals surface area contributed by atoms with E-state index in [0.29, 0.717) is 24.2 Å². The highest BCUT2D eigenvalue weighted by Crippen LogP contribution is 2.67. The number of hydrogen-bond donors (Lipinski definition) is 0. The van der Waals surface area contributed by atoms with Gasteiger partial charge in [0.15, 0.2) is 0 Å². The third kappa shape index (κ3) is 4.25. The molecule has 0 aromatic rings. The van der Waals surface area contributed by atoms with Gasteiger partial charge in [0.1, 0.15) is 12.4 Å². The molecule has 4 nitrogen and oxygen atoms in total. The van der Waals surface area contributed by atoms with Gasteiger partial charge in [-0.05, 0) is 91.7 Å². The highest BCUT2D eigenvalue weighted by atomic mass is 16.5. The van der Waals surface area contributed by atoms with Crippen molar-refractivity contribution in [3.63, 3.8) is 0 Å². The van der Waals surface area contributed by atoms with Crippen LogP contribution in [0.4, 0.5) is 0 Å². The summed E-state index contributed by atoms with van der Waals surface area (Å²) in [6.07, 6.45) is 26.0. The smallest absolute Gasteiger partial charge is 0.292 e. The predicted octanol–water partition coefficient (Wildman–Crippen LogP) is 6.55. The number of allylic oxidation sites excluding steroid dienone is 8. The molecule has 4 heteroatoms. The number of nitrogens with zero attached hydrogens (tertiary/aromatic N) is 2. The molecule has 4 bridgehead atoms. The Kier molecular flexibility index (Phi) is 6.27. The van der Waals surface area contributed by atoms with Crippen LogP contribution in [-0.2, 0) is 9.47 Å². The van der Waals surface area contributed by atoms with Crippen LogP contribution in [0, 0.1) is 45.7 Å². The highest BCUT2D eigenvalue weighted by Gasteiger charge is 2.57. The normalized spacial score (nSPS) is 33.3. The largest absolute Gasteiger partial charge is 0.423 e. The molecule has 4 fully saturated rings. The van der Waals surface area contributed by atoms with Gasteiger partial charge in [-0.1, -0.05) is 37.6 Å². The van der Waals surface area contributed by atoms with Gasteiger partial charge in [0.25, 0.3) is 12.5 Å². The molecule has 0 saturated heterocycles. The Bertz CT molecular complexity index is 1030. The van der Waals surface area contributed by atoms with Crippen molar-refractivity contribution in [3.05, 3.63) is 77.3 Å². The lowest BCUT2D eigenvalue weighted by atomic mass is 9.48. The van der Waals surface area contributed by atoms with E-state index in [1.165, 1.54) is 49.7 Å². The molecule has 32 heavy (non-hydrogen) atoms. The van der Waals surface area contributed by atoms with Crippen LogP contribution in [0.5, 0.6) is 0 Å². The molecule has 5 aliphatic rings. The maximum absolute atomic E-state index is 8.88. The van der Waals surface area contributed by atoms with E-state index in [0.717, 1.165) is 12.0 Å². The van der Waals surface area contributed by atoms with Crippen molar-refractivity contribution in [2.45, 2.75) is 51.9 Å². The zero-order valence-electron chi connectivity index (χ0n) is 18.8. The summed E-state index contributed by atoms with van der Waals surface area (Å²) < 4.78 is 10.0. The average molecular weight is 427 g/mol. The SMILES string of the molecule is C=C/C=C(\C=C(/C)COC#N)C12CC3CCC(CC(C4=C=CC=C(OC#N)C=C4)(C3)C1)C2. The number of nitriles is 2. The summed E-state index contributed by atoms with van der Waals surface area (Å²) >= 11 is 0. The Morgan fingerprint density at radius 2 is 1.94 bits per heavy atom. The second-order valence-electron chi connectivity index (χ2n) is 9.91. The molecule has 0 heterocycles. The van der Waals surface area contributed by atoms with Crippen LogP contribution >= 0.6 is 0 Å². The van der Waals surface area contributed by atoms with E-state index in [1.54, 1.807) is 18.6 Å². The number of rotatable bonds is 7. The second kappa shape index (κ2) is 9.12. The molecule has 5 rings (SSSR count). The Labute approximate surface area is 191 Å². The van der Waals surface area contributed by atoms with Crippen molar-refractivity contribution in [2.24, 2.45) is 22.7 Å². The molecule has 2 atom stereocenters. The molecule has 0 aromatic heterocycles. The van der Waals surface area contributed by atoms with E-state index >= 15 is 0 Å². The zero-order valence-corrected chi connectivity index (χ0v) is 18.8. The summed E-state index contributed by atoms with van der Waals surface area (Å²) in [5, 5.41) is 17.7. The van der Waals surface area contributed by atoms with E-state index in [4.69, 9.17) is 20.0 Å². The van der Waals surface area contributed by atoms with Crippen molar-refractivity contribution in [2.75, 3.05) is 6.61 Å². The van der Waals surface area contributed by atoms with Crippen LogP contribution < -0.4 is 0 Å². The topological polar surface area (TPSA) is 66.0 Å². The average Bonchev–Trinajstić information content (AvgIpc) is 3.13. The van der Waals surface area contributed by atoms with Gasteiger partial charge >= 0.3 is 0 Å². The highest BCUT2D eigenvalue weighted by molar-refractivity contribution is 5.41. The second-order valence-corrected chi connectivity index (χ2v) is 9.91. The summed E-state index contributed by atoms with van der Waals surface area (Å²) in [7, 11) is 0. The van der Waals surface area contributed by atoms with Crippen LogP contribution in [0.15, 0.2) is 77.3 Å². The third-order valence-corrected chi connectivity index (χ3v) is 7.69. The molecule has 0 aliphatic heterocycles. The van der Waals surface area contributed by atoms with Gasteiger partial charge in [0.05, 0.1) is 0 Å². The van der Waals surface area contributed by atoms with Crippen LogP contribution in [-0.4, -0.2) is 6.61 Å². The number of fused-ring (bicyclic) bond motifs is 1. The summed E-state index contributed by atoms with van der Waals surface area (Å²) in [5.41, 5.74) is 7.32. The van der Waals surface area contributed by atoms with Gasteiger partial charge in [0.2, 0.25) is 0 Å². The minimum Gasteiger partial charge on any atom is -0.423 e. The predicted molar refractivity (Wildman–Crippen MR) is 123 cm³/mol. The van der Waals surface area contributed by atoms with Crippen molar-refractivity contribution in [1.29, 1.82) is 10.5 Å². The molecule has 0 aromatic carbocycles. The molecular formula is C28H30N2O2. The first-order chi connectivity index (χ1) is 15.5. The fraction of sp³-hybridized carbons (Fsp3) is 0.464. The fourth-order valence-corrected chi connectivity index (χ4v) is 6.88. The van der Waals surface area contributed by atoms with Gasteiger partial charge in [-0.15, -0.1) is 11.0 Å². The Morgan fingerprint density at radius 3 is 2.59 bits per heavy atom. The molecule has 0 radical (unpaired) electrons. The maximum Gasteiger partial charge on any atom is 0.292 e. The van der Waals surface area contributed by atoms with Gasteiger partial charge < -0.3 is 9.47 Å². The lowest BCUT2D eigenvalue weighted by Gasteiger charge is -2.56. The van der Waals surface area contributed by atoms with Gasteiger partial charge in [0, 0.05) is 11.0 Å². The van der Waals surface area contributed by atoms with E-state index in [9.17, 15) is 0 Å². The van der Waals surface area contributed by atoms with Crippen LogP contribution in [0.25, 0.3) is 0 Å². The summed E-state index contributed by atoms with van der Waals surface area (Å²) in [6, 6.07) is 0. The first-order valence-corrected chi connectivity index (χ1v) is 11.5. The summed E-state index contributed by atoms with van der Waals surface area (Å²) in [5.74, 6) is 1.92. The molecular weight excluding hydrogens is 396 g/mol. The molecule has 2 unspecified atom stereocenters. The summed E-state index contributed by atoms with van der Waals surface area (Å²) in [4.78, 5) is 0. The standard InChI is InChI=1S/C28H30N2O2/c1-3-5-25(12-21(2)17-31-19-29)28-15-22-8-9-23(16-28)14-27(13-22,18-28)24-6-4-7-26(11-10-24)32-20-30/h3-5,7,10-12,22-23H,1,8-9,13-18H2,2H3/b21-12+,25-5+. The minimum atomic E-state index is 0.0798. The quantitative estimate of drug-likeness (QED) is 0.263. The van der Waals surface area contributed by atoms with Crippen molar-refractivity contribution in [3.8, 4) is 12.5 Å². The lowest BCUT2D eigenvalue weighted by Crippen LogP contribution is -2.46. The Balaban J connectivity index is 1.73. The van der Waals surface area contributed by atoms with Crippen LogP contribution in [0.2, 0.25) is 0 Å². The lowest BCUT2D eigenvalue weighted by molar-refractivity contribution is 0.0148. The first kappa shape index (κ1) is 22.0. The molecule has 5 aliphatic carbocycles. The summed E-state index contributed by atoms with van der Waals surface area (Å²) in [6.45, 7) is 6.35. The number of hydrogen-bond acceptors (Lipinski definition) is 4. The van der Waals surface area contributed by atoms with Crippen molar-refractivity contribution < 1.29 is 9.47 Å². The van der Waals surface area contributed by atoms with E-state index < -0.39 is 0 Å². The van der Waals surface area contributed by atoms with E-state index in [2.05, 4.69) is 30.5 Å².